The Balaban J connectivity index is 1.47. The van der Waals surface area contributed by atoms with Crippen molar-refractivity contribution < 1.29 is 28.3 Å². The van der Waals surface area contributed by atoms with Crippen LogP contribution in [0.4, 0.5) is 5.00 Å². The summed E-state index contributed by atoms with van der Waals surface area (Å²) in [6.45, 7) is 1.15. The summed E-state index contributed by atoms with van der Waals surface area (Å²) in [5, 5.41) is 3.52. The monoisotopic (exact) mass is 487 g/mol. The van der Waals surface area contributed by atoms with Crippen molar-refractivity contribution in [2.75, 3.05) is 25.3 Å². The SMILES string of the molecule is COC(=O)c1c(NC(=O)COC(=O)c2c(C)nc(-c3ccco3)nc2SC)sc2c1CCC2. The van der Waals surface area contributed by atoms with Crippen molar-refractivity contribution >= 4 is 45.9 Å². The molecule has 3 aromatic rings. The average Bonchev–Trinajstić information content (AvgIpc) is 3.54. The van der Waals surface area contributed by atoms with Crippen LogP contribution in [0.3, 0.4) is 0 Å². The van der Waals surface area contributed by atoms with Crippen molar-refractivity contribution in [3.8, 4) is 11.6 Å². The number of hydrogen-bond donors (Lipinski definition) is 1. The first-order valence-electron chi connectivity index (χ1n) is 10.1. The number of thiophene rings is 1. The molecule has 1 N–H and O–H groups in total. The molecule has 11 heteroatoms. The van der Waals surface area contributed by atoms with E-state index in [4.69, 9.17) is 13.9 Å². The van der Waals surface area contributed by atoms with Crippen molar-refractivity contribution in [2.24, 2.45) is 0 Å². The number of hydrogen-bond acceptors (Lipinski definition) is 10. The second kappa shape index (κ2) is 9.75. The van der Waals surface area contributed by atoms with Crippen LogP contribution in [0.2, 0.25) is 0 Å². The molecule has 1 aliphatic carbocycles. The number of esters is 2. The molecule has 172 valence electrons. The molecular weight excluding hydrogens is 466 g/mol. The Morgan fingerprint density at radius 1 is 1.21 bits per heavy atom. The number of nitrogens with zero attached hydrogens (tertiary/aromatic N) is 2. The van der Waals surface area contributed by atoms with Crippen LogP contribution in [0.1, 0.15) is 43.3 Å². The lowest BCUT2D eigenvalue weighted by Crippen LogP contribution is -2.22. The van der Waals surface area contributed by atoms with Gasteiger partial charge in [-0.3, -0.25) is 4.79 Å². The number of carbonyl (C=O) groups excluding carboxylic acids is 3. The third-order valence-electron chi connectivity index (χ3n) is 5.09. The van der Waals surface area contributed by atoms with Crippen molar-refractivity contribution in [2.45, 2.75) is 31.2 Å². The molecule has 0 aliphatic heterocycles. The highest BCUT2D eigenvalue weighted by molar-refractivity contribution is 7.98. The molecule has 0 saturated carbocycles. The highest BCUT2D eigenvalue weighted by atomic mass is 32.2. The van der Waals surface area contributed by atoms with Crippen LogP contribution in [0.5, 0.6) is 0 Å². The molecule has 0 aromatic carbocycles. The molecule has 33 heavy (non-hydrogen) atoms. The van der Waals surface area contributed by atoms with E-state index in [1.807, 2.05) is 0 Å². The number of anilines is 1. The van der Waals surface area contributed by atoms with E-state index in [1.165, 1.54) is 36.5 Å². The highest BCUT2D eigenvalue weighted by Crippen LogP contribution is 2.39. The number of ether oxygens (including phenoxy) is 2. The minimum atomic E-state index is -0.708. The summed E-state index contributed by atoms with van der Waals surface area (Å²) < 4.78 is 15.5. The van der Waals surface area contributed by atoms with E-state index in [1.54, 1.807) is 25.3 Å². The first kappa shape index (κ1) is 23.0. The Hall–Kier alpha value is -3.18. The van der Waals surface area contributed by atoms with Gasteiger partial charge in [0.05, 0.1) is 24.6 Å². The lowest BCUT2D eigenvalue weighted by Gasteiger charge is -2.11. The number of aryl methyl sites for hydroxylation is 2. The average molecular weight is 488 g/mol. The molecule has 0 spiro atoms. The Labute approximate surface area is 197 Å². The van der Waals surface area contributed by atoms with Gasteiger partial charge in [-0.2, -0.15) is 0 Å². The van der Waals surface area contributed by atoms with Crippen molar-refractivity contribution in [1.29, 1.82) is 0 Å². The van der Waals surface area contributed by atoms with Crippen LogP contribution >= 0.6 is 23.1 Å². The Morgan fingerprint density at radius 3 is 2.73 bits per heavy atom. The smallest absolute Gasteiger partial charge is 0.343 e. The fraction of sp³-hybridized carbons (Fsp3) is 0.318. The van der Waals surface area contributed by atoms with Crippen molar-refractivity contribution in [3.63, 3.8) is 0 Å². The largest absolute Gasteiger partial charge is 0.465 e. The van der Waals surface area contributed by atoms with Crippen LogP contribution in [0, 0.1) is 6.92 Å². The Bertz CT molecular complexity index is 1220. The minimum absolute atomic E-state index is 0.191. The number of furan rings is 1. The molecule has 1 amide bonds. The number of rotatable bonds is 7. The van der Waals surface area contributed by atoms with Gasteiger partial charge in [-0.15, -0.1) is 23.1 Å². The predicted molar refractivity (Wildman–Crippen MR) is 123 cm³/mol. The predicted octanol–water partition coefficient (Wildman–Crippen LogP) is 3.90. The normalized spacial score (nSPS) is 12.3. The topological polar surface area (TPSA) is 121 Å². The third-order valence-corrected chi connectivity index (χ3v) is 6.98. The van der Waals surface area contributed by atoms with Crippen molar-refractivity contribution in [3.05, 3.63) is 45.7 Å². The molecule has 0 atom stereocenters. The van der Waals surface area contributed by atoms with E-state index in [-0.39, 0.29) is 5.56 Å². The standard InChI is InChI=1S/C22H21N3O6S2/c1-11-16(19(32-3)25-18(23-11)13-7-5-9-30-13)22(28)31-10-15(26)24-20-17(21(27)29-2)12-6-4-8-14(12)33-20/h5,7,9H,4,6,8,10H2,1-3H3,(H,24,26). The molecule has 4 rings (SSSR count). The molecule has 9 nitrogen and oxygen atoms in total. The zero-order valence-electron chi connectivity index (χ0n) is 18.2. The first-order valence-corrected chi connectivity index (χ1v) is 12.1. The molecule has 0 unspecified atom stereocenters. The zero-order valence-corrected chi connectivity index (χ0v) is 19.9. The maximum atomic E-state index is 12.7. The summed E-state index contributed by atoms with van der Waals surface area (Å²) in [7, 11) is 1.31. The van der Waals surface area contributed by atoms with Gasteiger partial charge in [-0.1, -0.05) is 0 Å². The molecule has 0 bridgehead atoms. The summed E-state index contributed by atoms with van der Waals surface area (Å²) >= 11 is 2.62. The molecule has 0 saturated heterocycles. The van der Waals surface area contributed by atoms with E-state index in [0.717, 1.165) is 29.7 Å². The number of nitrogens with one attached hydrogen (secondary N) is 1. The van der Waals surface area contributed by atoms with Gasteiger partial charge < -0.3 is 19.2 Å². The highest BCUT2D eigenvalue weighted by Gasteiger charge is 2.28. The Kier molecular flexibility index (Phi) is 6.80. The molecule has 3 heterocycles. The maximum Gasteiger partial charge on any atom is 0.343 e. The van der Waals surface area contributed by atoms with Crippen LogP contribution in [-0.4, -0.2) is 47.8 Å². The van der Waals surface area contributed by atoms with Crippen LogP contribution < -0.4 is 5.32 Å². The van der Waals surface area contributed by atoms with E-state index in [0.29, 0.717) is 32.9 Å². The van der Waals surface area contributed by atoms with Gasteiger partial charge in [0.2, 0.25) is 0 Å². The number of methoxy groups -OCH3 is 1. The second-order valence-corrected chi connectivity index (χ2v) is 9.07. The summed E-state index contributed by atoms with van der Waals surface area (Å²) in [6, 6.07) is 3.45. The van der Waals surface area contributed by atoms with Gasteiger partial charge in [0.25, 0.3) is 5.91 Å². The van der Waals surface area contributed by atoms with Gasteiger partial charge in [0.1, 0.15) is 15.6 Å². The number of fused-ring (bicyclic) bond motifs is 1. The summed E-state index contributed by atoms with van der Waals surface area (Å²) in [5.41, 5.74) is 1.91. The van der Waals surface area contributed by atoms with Crippen LogP contribution in [-0.2, 0) is 27.1 Å². The molecule has 3 aromatic heterocycles. The molecule has 1 aliphatic rings. The van der Waals surface area contributed by atoms with Gasteiger partial charge in [-0.05, 0) is 50.1 Å². The van der Waals surface area contributed by atoms with Gasteiger partial charge in [-0.25, -0.2) is 19.6 Å². The van der Waals surface area contributed by atoms with Gasteiger partial charge in [0, 0.05) is 4.88 Å². The Morgan fingerprint density at radius 2 is 2.03 bits per heavy atom. The van der Waals surface area contributed by atoms with Crippen molar-refractivity contribution in [1.82, 2.24) is 9.97 Å². The third kappa shape index (κ3) is 4.64. The van der Waals surface area contributed by atoms with Gasteiger partial charge >= 0.3 is 11.9 Å². The quantitative estimate of drug-likeness (QED) is 0.300. The fourth-order valence-corrected chi connectivity index (χ4v) is 5.53. The first-order chi connectivity index (χ1) is 15.9. The summed E-state index contributed by atoms with van der Waals surface area (Å²) in [5.74, 6) is -0.908. The van der Waals surface area contributed by atoms with E-state index in [9.17, 15) is 14.4 Å². The summed E-state index contributed by atoms with van der Waals surface area (Å²) in [6.07, 6.45) is 5.89. The number of aromatic nitrogens is 2. The maximum absolute atomic E-state index is 12.7. The lowest BCUT2D eigenvalue weighted by molar-refractivity contribution is -0.119. The van der Waals surface area contributed by atoms with E-state index >= 15 is 0 Å². The van der Waals surface area contributed by atoms with Crippen LogP contribution in [0.15, 0.2) is 27.8 Å². The number of thioether (sulfide) groups is 1. The summed E-state index contributed by atoms with van der Waals surface area (Å²) in [4.78, 5) is 47.3. The van der Waals surface area contributed by atoms with Gasteiger partial charge in [0.15, 0.2) is 18.2 Å². The molecule has 0 radical (unpaired) electrons. The lowest BCUT2D eigenvalue weighted by atomic mass is 10.1. The second-order valence-electron chi connectivity index (χ2n) is 7.17. The number of carbonyl (C=O) groups is 3. The zero-order chi connectivity index (χ0) is 23.5. The fourth-order valence-electron chi connectivity index (χ4n) is 3.62. The number of amides is 1. The molecule has 0 fully saturated rings. The van der Waals surface area contributed by atoms with E-state index < -0.39 is 24.5 Å². The van der Waals surface area contributed by atoms with Crippen LogP contribution in [0.25, 0.3) is 11.6 Å². The molecular formula is C22H21N3O6S2. The minimum Gasteiger partial charge on any atom is -0.465 e. The van der Waals surface area contributed by atoms with E-state index in [2.05, 4.69) is 15.3 Å².